The largest absolute Gasteiger partial charge is 0.495 e. The summed E-state index contributed by atoms with van der Waals surface area (Å²) in [5, 5.41) is 6.53. The van der Waals surface area contributed by atoms with Crippen LogP contribution in [0.4, 0.5) is 29.2 Å². The average Bonchev–Trinajstić information content (AvgIpc) is 2.76. The van der Waals surface area contributed by atoms with Crippen LogP contribution in [0.15, 0.2) is 48.5 Å². The van der Waals surface area contributed by atoms with E-state index in [-0.39, 0.29) is 12.4 Å². The van der Waals surface area contributed by atoms with Crippen molar-refractivity contribution in [1.82, 2.24) is 15.0 Å². The van der Waals surface area contributed by atoms with E-state index in [1.54, 1.807) is 7.11 Å². The molecule has 3 aromatic rings. The smallest absolute Gasteiger partial charge is 0.233 e. The van der Waals surface area contributed by atoms with Gasteiger partial charge in [-0.25, -0.2) is 0 Å². The highest BCUT2D eigenvalue weighted by Crippen LogP contribution is 2.27. The van der Waals surface area contributed by atoms with Gasteiger partial charge in [-0.3, -0.25) is 0 Å². The molecule has 1 fully saturated rings. The maximum Gasteiger partial charge on any atom is 0.233 e. The van der Waals surface area contributed by atoms with E-state index in [1.165, 1.54) is 5.56 Å². The molecule has 0 bridgehead atoms. The molecular weight excluding hydrogens is 404 g/mol. The summed E-state index contributed by atoms with van der Waals surface area (Å²) >= 11 is 0. The second-order valence-corrected chi connectivity index (χ2v) is 6.70. The van der Waals surface area contributed by atoms with Crippen molar-refractivity contribution < 1.29 is 9.47 Å². The molecule has 1 aliphatic heterocycles. The minimum absolute atomic E-state index is 0. The molecule has 2 aromatic carbocycles. The number of hydrogen-bond acceptors (Lipinski definition) is 8. The summed E-state index contributed by atoms with van der Waals surface area (Å²) in [5.74, 6) is 2.24. The Morgan fingerprint density at radius 3 is 2.27 bits per heavy atom. The first-order valence-electron chi connectivity index (χ1n) is 9.54. The molecule has 0 atom stereocenters. The van der Waals surface area contributed by atoms with E-state index in [2.05, 4.69) is 37.4 Å². The number of halogens is 1. The number of nitrogens with one attached hydrogen (secondary N) is 2. The van der Waals surface area contributed by atoms with Gasteiger partial charge in [-0.05, 0) is 31.2 Å². The maximum atomic E-state index is 5.45. The van der Waals surface area contributed by atoms with Gasteiger partial charge in [0.1, 0.15) is 5.75 Å². The Labute approximate surface area is 182 Å². The summed E-state index contributed by atoms with van der Waals surface area (Å²) in [4.78, 5) is 15.9. The summed E-state index contributed by atoms with van der Waals surface area (Å²) in [6.07, 6.45) is 0. The minimum Gasteiger partial charge on any atom is -0.495 e. The monoisotopic (exact) mass is 428 g/mol. The van der Waals surface area contributed by atoms with Crippen LogP contribution in [-0.2, 0) is 4.74 Å². The molecule has 0 amide bonds. The van der Waals surface area contributed by atoms with Crippen LogP contribution in [0.5, 0.6) is 5.75 Å². The summed E-state index contributed by atoms with van der Waals surface area (Å²) in [6.45, 7) is 4.84. The number of methoxy groups -OCH3 is 1. The SMILES string of the molecule is COc1ccccc1Nc1nc(Nc2ccc(C)cc2)nc(N2CCOCC2)n1.Cl. The fourth-order valence-corrected chi connectivity index (χ4v) is 3.02. The second-order valence-electron chi connectivity index (χ2n) is 6.70. The summed E-state index contributed by atoms with van der Waals surface area (Å²) in [5.41, 5.74) is 2.90. The zero-order valence-corrected chi connectivity index (χ0v) is 17.8. The van der Waals surface area contributed by atoms with Crippen molar-refractivity contribution in [3.8, 4) is 5.75 Å². The van der Waals surface area contributed by atoms with Crippen molar-refractivity contribution in [3.63, 3.8) is 0 Å². The molecule has 1 aromatic heterocycles. The van der Waals surface area contributed by atoms with Crippen LogP contribution in [0, 0.1) is 6.92 Å². The third-order valence-corrected chi connectivity index (χ3v) is 4.58. The molecule has 0 aliphatic carbocycles. The van der Waals surface area contributed by atoms with E-state index >= 15 is 0 Å². The summed E-state index contributed by atoms with van der Waals surface area (Å²) in [6, 6.07) is 15.7. The Kier molecular flexibility index (Phi) is 7.26. The lowest BCUT2D eigenvalue weighted by molar-refractivity contribution is 0.122. The van der Waals surface area contributed by atoms with Gasteiger partial charge in [0, 0.05) is 18.8 Å². The molecule has 4 rings (SSSR count). The molecule has 9 heteroatoms. The fraction of sp³-hybridized carbons (Fsp3) is 0.286. The van der Waals surface area contributed by atoms with Gasteiger partial charge in [-0.2, -0.15) is 15.0 Å². The number of aromatic nitrogens is 3. The van der Waals surface area contributed by atoms with E-state index in [4.69, 9.17) is 9.47 Å². The quantitative estimate of drug-likeness (QED) is 0.610. The molecule has 8 nitrogen and oxygen atoms in total. The van der Waals surface area contributed by atoms with Crippen LogP contribution in [0.25, 0.3) is 0 Å². The van der Waals surface area contributed by atoms with E-state index in [0.29, 0.717) is 36.8 Å². The van der Waals surface area contributed by atoms with E-state index in [1.807, 2.05) is 48.5 Å². The van der Waals surface area contributed by atoms with E-state index in [0.717, 1.165) is 24.5 Å². The highest BCUT2D eigenvalue weighted by atomic mass is 35.5. The number of hydrogen-bond donors (Lipinski definition) is 2. The Hall–Kier alpha value is -3.10. The molecular formula is C21H25ClN6O2. The Bertz CT molecular complexity index is 964. The average molecular weight is 429 g/mol. The van der Waals surface area contributed by atoms with Gasteiger partial charge in [0.05, 0.1) is 26.0 Å². The highest BCUT2D eigenvalue weighted by molar-refractivity contribution is 5.85. The first-order chi connectivity index (χ1) is 14.2. The van der Waals surface area contributed by atoms with Crippen molar-refractivity contribution in [2.45, 2.75) is 6.92 Å². The first-order valence-corrected chi connectivity index (χ1v) is 9.54. The Morgan fingerprint density at radius 1 is 0.900 bits per heavy atom. The zero-order chi connectivity index (χ0) is 20.1. The molecule has 0 saturated carbocycles. The van der Waals surface area contributed by atoms with Gasteiger partial charge >= 0.3 is 0 Å². The van der Waals surface area contributed by atoms with Crippen molar-refractivity contribution >= 4 is 41.6 Å². The first kappa shape index (κ1) is 21.6. The van der Waals surface area contributed by atoms with Crippen molar-refractivity contribution in [2.24, 2.45) is 0 Å². The van der Waals surface area contributed by atoms with E-state index < -0.39 is 0 Å². The van der Waals surface area contributed by atoms with Gasteiger partial charge in [-0.1, -0.05) is 29.8 Å². The van der Waals surface area contributed by atoms with Gasteiger partial charge in [0.2, 0.25) is 17.8 Å². The predicted molar refractivity (Wildman–Crippen MR) is 121 cm³/mol. The van der Waals surface area contributed by atoms with Crippen molar-refractivity contribution in [1.29, 1.82) is 0 Å². The molecule has 0 spiro atoms. The molecule has 2 heterocycles. The zero-order valence-electron chi connectivity index (χ0n) is 17.0. The normalized spacial score (nSPS) is 13.3. The fourth-order valence-electron chi connectivity index (χ4n) is 3.02. The molecule has 0 radical (unpaired) electrons. The van der Waals surface area contributed by atoms with Gasteiger partial charge in [0.15, 0.2) is 0 Å². The van der Waals surface area contributed by atoms with Crippen LogP contribution in [0.2, 0.25) is 0 Å². The third kappa shape index (κ3) is 5.28. The number of rotatable bonds is 6. The van der Waals surface area contributed by atoms with Gasteiger partial charge < -0.3 is 25.0 Å². The molecule has 0 unspecified atom stereocenters. The minimum atomic E-state index is 0. The van der Waals surface area contributed by atoms with Crippen LogP contribution in [0.1, 0.15) is 5.56 Å². The lowest BCUT2D eigenvalue weighted by Crippen LogP contribution is -2.37. The van der Waals surface area contributed by atoms with E-state index in [9.17, 15) is 0 Å². The van der Waals surface area contributed by atoms with Crippen molar-refractivity contribution in [3.05, 3.63) is 54.1 Å². The van der Waals surface area contributed by atoms with Crippen LogP contribution >= 0.6 is 12.4 Å². The maximum absolute atomic E-state index is 5.45. The van der Waals surface area contributed by atoms with Crippen LogP contribution in [-0.4, -0.2) is 48.4 Å². The summed E-state index contributed by atoms with van der Waals surface area (Å²) in [7, 11) is 1.64. The Balaban J connectivity index is 0.00000256. The predicted octanol–water partition coefficient (Wildman–Crippen LogP) is 3.93. The lowest BCUT2D eigenvalue weighted by Gasteiger charge is -2.27. The highest BCUT2D eigenvalue weighted by Gasteiger charge is 2.17. The van der Waals surface area contributed by atoms with Crippen LogP contribution in [0.3, 0.4) is 0 Å². The number of anilines is 5. The number of aryl methyl sites for hydroxylation is 1. The molecule has 2 N–H and O–H groups in total. The number of benzene rings is 2. The molecule has 158 valence electrons. The topological polar surface area (TPSA) is 84.4 Å². The number of para-hydroxylation sites is 2. The summed E-state index contributed by atoms with van der Waals surface area (Å²) < 4.78 is 10.9. The van der Waals surface area contributed by atoms with Crippen LogP contribution < -0.4 is 20.3 Å². The molecule has 1 saturated heterocycles. The Morgan fingerprint density at radius 2 is 1.57 bits per heavy atom. The number of morpholine rings is 1. The number of nitrogens with zero attached hydrogens (tertiary/aromatic N) is 4. The molecule has 1 aliphatic rings. The van der Waals surface area contributed by atoms with Gasteiger partial charge in [-0.15, -0.1) is 12.4 Å². The van der Waals surface area contributed by atoms with Gasteiger partial charge in [0.25, 0.3) is 0 Å². The standard InChI is InChI=1S/C21H24N6O2.ClH/c1-15-7-9-16(10-8-15)22-19-24-20(23-17-5-3-4-6-18(17)28-2)26-21(25-19)27-11-13-29-14-12-27;/h3-10H,11-14H2,1-2H3,(H2,22,23,24,25,26);1H. The number of ether oxygens (including phenoxy) is 2. The van der Waals surface area contributed by atoms with Crippen molar-refractivity contribution in [2.75, 3.05) is 48.9 Å². The third-order valence-electron chi connectivity index (χ3n) is 4.58. The second kappa shape index (κ2) is 10.1. The molecule has 30 heavy (non-hydrogen) atoms. The lowest BCUT2D eigenvalue weighted by atomic mass is 10.2.